The highest BCUT2D eigenvalue weighted by Crippen LogP contribution is 2.39. The average molecular weight is 354 g/mol. The number of hydrogen-bond donors (Lipinski definition) is 2. The Labute approximate surface area is 132 Å². The fourth-order valence-electron chi connectivity index (χ4n) is 3.19. The van der Waals surface area contributed by atoms with Gasteiger partial charge in [0.05, 0.1) is 12.3 Å². The molecule has 1 saturated heterocycles. The maximum absolute atomic E-state index is 11.7. The van der Waals surface area contributed by atoms with Crippen molar-refractivity contribution in [3.05, 3.63) is 22.2 Å². The second-order valence-corrected chi connectivity index (χ2v) is 6.62. The van der Waals surface area contributed by atoms with E-state index in [0.29, 0.717) is 5.92 Å². The number of nitrogens with zero attached hydrogens (tertiary/aromatic N) is 1. The zero-order valence-electron chi connectivity index (χ0n) is 12.1. The second-order valence-electron chi connectivity index (χ2n) is 5.77. The zero-order chi connectivity index (χ0) is 15.0. The molecule has 0 saturated carbocycles. The van der Waals surface area contributed by atoms with E-state index in [-0.39, 0.29) is 5.91 Å². The molecule has 0 radical (unpaired) electrons. The lowest BCUT2D eigenvalue weighted by atomic mass is 9.98. The van der Waals surface area contributed by atoms with Gasteiger partial charge in [0.15, 0.2) is 0 Å². The Balaban J connectivity index is 1.86. The van der Waals surface area contributed by atoms with Crippen LogP contribution in [0.4, 0.5) is 11.4 Å². The number of anilines is 2. The third-order valence-electron chi connectivity index (χ3n) is 4.26. The summed E-state index contributed by atoms with van der Waals surface area (Å²) in [6, 6.07) is 3.43. The van der Waals surface area contributed by atoms with Crippen LogP contribution in [0.15, 0.2) is 16.6 Å². The van der Waals surface area contributed by atoms with Crippen molar-refractivity contribution in [2.75, 3.05) is 37.0 Å². The number of hydrogen-bond acceptors (Lipinski definition) is 4. The molecular formula is C15H20BrN3O2. The SMILES string of the molecule is COCC1CCCN(c2cc3c(cc2Br)C(N)C(=O)N3)C1. The van der Waals surface area contributed by atoms with Gasteiger partial charge in [-0.15, -0.1) is 0 Å². The number of amides is 1. The first kappa shape index (κ1) is 14.8. The van der Waals surface area contributed by atoms with Gasteiger partial charge in [-0.1, -0.05) is 0 Å². The van der Waals surface area contributed by atoms with Crippen molar-refractivity contribution in [2.45, 2.75) is 18.9 Å². The van der Waals surface area contributed by atoms with E-state index < -0.39 is 6.04 Å². The highest BCUT2D eigenvalue weighted by Gasteiger charge is 2.30. The molecule has 0 bridgehead atoms. The van der Waals surface area contributed by atoms with Crippen LogP contribution in [0.2, 0.25) is 0 Å². The standard InChI is InChI=1S/C15H20BrN3O2/c1-21-8-9-3-2-4-19(7-9)13-6-12-10(5-11(13)16)14(17)15(20)18-12/h5-6,9,14H,2-4,7-8,17H2,1H3,(H,18,20). The number of ether oxygens (including phenoxy) is 1. The largest absolute Gasteiger partial charge is 0.384 e. The van der Waals surface area contributed by atoms with E-state index in [1.54, 1.807) is 7.11 Å². The molecule has 3 N–H and O–H groups in total. The molecule has 114 valence electrons. The highest BCUT2D eigenvalue weighted by molar-refractivity contribution is 9.10. The molecule has 5 nitrogen and oxygen atoms in total. The number of carbonyl (C=O) groups excluding carboxylic acids is 1. The Morgan fingerprint density at radius 2 is 2.33 bits per heavy atom. The molecule has 2 aliphatic rings. The molecular weight excluding hydrogens is 334 g/mol. The van der Waals surface area contributed by atoms with Crippen LogP contribution in [0.5, 0.6) is 0 Å². The first-order chi connectivity index (χ1) is 10.1. The number of carbonyl (C=O) groups is 1. The highest BCUT2D eigenvalue weighted by atomic mass is 79.9. The number of fused-ring (bicyclic) bond motifs is 1. The number of piperidine rings is 1. The normalized spacial score (nSPS) is 24.9. The summed E-state index contributed by atoms with van der Waals surface area (Å²) in [6.07, 6.45) is 2.36. The first-order valence-corrected chi connectivity index (χ1v) is 8.03. The number of nitrogens with one attached hydrogen (secondary N) is 1. The van der Waals surface area contributed by atoms with Crippen molar-refractivity contribution in [2.24, 2.45) is 11.7 Å². The van der Waals surface area contributed by atoms with Crippen molar-refractivity contribution < 1.29 is 9.53 Å². The van der Waals surface area contributed by atoms with Gasteiger partial charge >= 0.3 is 0 Å². The molecule has 21 heavy (non-hydrogen) atoms. The summed E-state index contributed by atoms with van der Waals surface area (Å²) in [5.74, 6) is 0.422. The van der Waals surface area contributed by atoms with Gasteiger partial charge < -0.3 is 20.7 Å². The molecule has 1 aromatic rings. The van der Waals surface area contributed by atoms with Crippen molar-refractivity contribution in [1.29, 1.82) is 0 Å². The maximum Gasteiger partial charge on any atom is 0.245 e. The Bertz CT molecular complexity index is 562. The Morgan fingerprint density at radius 3 is 3.10 bits per heavy atom. The topological polar surface area (TPSA) is 67.6 Å². The molecule has 3 rings (SSSR count). The van der Waals surface area contributed by atoms with E-state index in [2.05, 4.69) is 26.1 Å². The molecule has 2 unspecified atom stereocenters. The lowest BCUT2D eigenvalue weighted by Gasteiger charge is -2.35. The van der Waals surface area contributed by atoms with Crippen LogP contribution in [-0.4, -0.2) is 32.7 Å². The van der Waals surface area contributed by atoms with E-state index in [1.807, 2.05) is 12.1 Å². The Hall–Kier alpha value is -1.11. The average Bonchev–Trinajstić information content (AvgIpc) is 2.74. The molecule has 1 fully saturated rings. The van der Waals surface area contributed by atoms with Gasteiger partial charge in [-0.05, 0) is 46.8 Å². The van der Waals surface area contributed by atoms with Crippen LogP contribution in [0.3, 0.4) is 0 Å². The molecule has 1 aromatic carbocycles. The molecule has 0 spiro atoms. The number of methoxy groups -OCH3 is 1. The maximum atomic E-state index is 11.7. The van der Waals surface area contributed by atoms with Gasteiger partial charge in [0, 0.05) is 35.9 Å². The van der Waals surface area contributed by atoms with Crippen LogP contribution < -0.4 is 16.0 Å². The van der Waals surface area contributed by atoms with E-state index in [0.717, 1.165) is 47.5 Å². The number of nitrogens with two attached hydrogens (primary N) is 1. The Morgan fingerprint density at radius 1 is 1.52 bits per heavy atom. The first-order valence-electron chi connectivity index (χ1n) is 7.24. The van der Waals surface area contributed by atoms with Crippen molar-refractivity contribution in [3.63, 3.8) is 0 Å². The van der Waals surface area contributed by atoms with Crippen LogP contribution >= 0.6 is 15.9 Å². The fourth-order valence-corrected chi connectivity index (χ4v) is 3.80. The minimum absolute atomic E-state index is 0.134. The van der Waals surface area contributed by atoms with Crippen LogP contribution in [0, 0.1) is 5.92 Å². The summed E-state index contributed by atoms with van der Waals surface area (Å²) in [7, 11) is 1.75. The van der Waals surface area contributed by atoms with Crippen molar-refractivity contribution >= 4 is 33.2 Å². The van der Waals surface area contributed by atoms with Crippen LogP contribution in [0.25, 0.3) is 0 Å². The third-order valence-corrected chi connectivity index (χ3v) is 4.89. The van der Waals surface area contributed by atoms with Gasteiger partial charge in [-0.2, -0.15) is 0 Å². The smallest absolute Gasteiger partial charge is 0.245 e. The second kappa shape index (κ2) is 5.94. The van der Waals surface area contributed by atoms with E-state index in [4.69, 9.17) is 10.5 Å². The van der Waals surface area contributed by atoms with Crippen LogP contribution in [-0.2, 0) is 9.53 Å². The van der Waals surface area contributed by atoms with E-state index in [1.165, 1.54) is 6.42 Å². The van der Waals surface area contributed by atoms with Gasteiger partial charge in [-0.3, -0.25) is 4.79 Å². The van der Waals surface area contributed by atoms with Gasteiger partial charge in [-0.25, -0.2) is 0 Å². The predicted octanol–water partition coefficient (Wildman–Crippen LogP) is 2.26. The number of benzene rings is 1. The lowest BCUT2D eigenvalue weighted by molar-refractivity contribution is -0.116. The summed E-state index contributed by atoms with van der Waals surface area (Å²) in [6.45, 7) is 2.80. The van der Waals surface area contributed by atoms with Gasteiger partial charge in [0.2, 0.25) is 5.91 Å². The molecule has 2 heterocycles. The molecule has 0 aromatic heterocycles. The quantitative estimate of drug-likeness (QED) is 0.874. The monoisotopic (exact) mass is 353 g/mol. The number of halogens is 1. The predicted molar refractivity (Wildman–Crippen MR) is 86.5 cm³/mol. The summed E-state index contributed by atoms with van der Waals surface area (Å²) in [4.78, 5) is 14.0. The Kier molecular flexibility index (Phi) is 4.19. The molecule has 2 aliphatic heterocycles. The molecule has 2 atom stereocenters. The summed E-state index contributed by atoms with van der Waals surface area (Å²) < 4.78 is 6.28. The summed E-state index contributed by atoms with van der Waals surface area (Å²) >= 11 is 3.62. The van der Waals surface area contributed by atoms with Gasteiger partial charge in [0.1, 0.15) is 6.04 Å². The van der Waals surface area contributed by atoms with Crippen molar-refractivity contribution in [3.8, 4) is 0 Å². The summed E-state index contributed by atoms with van der Waals surface area (Å²) in [5.41, 5.74) is 8.70. The number of rotatable bonds is 3. The fraction of sp³-hybridized carbons (Fsp3) is 0.533. The van der Waals surface area contributed by atoms with Crippen molar-refractivity contribution in [1.82, 2.24) is 0 Å². The zero-order valence-corrected chi connectivity index (χ0v) is 13.6. The molecule has 1 amide bonds. The minimum atomic E-state index is -0.562. The molecule has 0 aliphatic carbocycles. The molecule has 6 heteroatoms. The minimum Gasteiger partial charge on any atom is -0.384 e. The summed E-state index contributed by atoms with van der Waals surface area (Å²) in [5, 5.41) is 2.85. The third kappa shape index (κ3) is 2.80. The lowest BCUT2D eigenvalue weighted by Crippen LogP contribution is -2.37. The van der Waals surface area contributed by atoms with E-state index in [9.17, 15) is 4.79 Å². The van der Waals surface area contributed by atoms with Gasteiger partial charge in [0.25, 0.3) is 0 Å². The van der Waals surface area contributed by atoms with E-state index >= 15 is 0 Å². The van der Waals surface area contributed by atoms with Crippen LogP contribution in [0.1, 0.15) is 24.4 Å².